The summed E-state index contributed by atoms with van der Waals surface area (Å²) in [5.41, 5.74) is 3.02. The first-order chi connectivity index (χ1) is 15.7. The number of rotatable bonds is 6. The summed E-state index contributed by atoms with van der Waals surface area (Å²) in [6.45, 7) is -0.563. The highest BCUT2D eigenvalue weighted by molar-refractivity contribution is 6.06. The average molecular weight is 450 g/mol. The highest BCUT2D eigenvalue weighted by Gasteiger charge is 2.37. The first kappa shape index (κ1) is 21.9. The van der Waals surface area contributed by atoms with Crippen molar-refractivity contribution in [2.45, 2.75) is 12.5 Å². The van der Waals surface area contributed by atoms with Crippen LogP contribution < -0.4 is 10.2 Å². The lowest BCUT2D eigenvalue weighted by Crippen LogP contribution is -2.41. The number of non-ortho nitro benzene ring substituents is 1. The monoisotopic (exact) mass is 450 g/mol. The number of urea groups is 1. The number of nitro benzene ring substituents is 1. The highest BCUT2D eigenvalue weighted by Crippen LogP contribution is 2.34. The van der Waals surface area contributed by atoms with E-state index >= 15 is 0 Å². The van der Waals surface area contributed by atoms with Crippen LogP contribution in [0.5, 0.6) is 0 Å². The van der Waals surface area contributed by atoms with Gasteiger partial charge in [-0.2, -0.15) is 5.10 Å². The van der Waals surface area contributed by atoms with Crippen molar-refractivity contribution < 1.29 is 19.3 Å². The van der Waals surface area contributed by atoms with Gasteiger partial charge < -0.3 is 10.2 Å². The summed E-state index contributed by atoms with van der Waals surface area (Å²) in [5, 5.41) is 19.1. The van der Waals surface area contributed by atoms with E-state index in [2.05, 4.69) is 10.4 Å². The fourth-order valence-corrected chi connectivity index (χ4v) is 3.77. The lowest BCUT2D eigenvalue weighted by atomic mass is 9.98. The molecule has 4 rings (SSSR count). The number of amides is 4. The molecule has 4 amide bonds. The van der Waals surface area contributed by atoms with Crippen molar-refractivity contribution in [1.82, 2.24) is 15.2 Å². The number of carbonyl (C=O) groups excluding carboxylic acids is 3. The maximum atomic E-state index is 13.1. The second-order valence-electron chi connectivity index (χ2n) is 7.93. The van der Waals surface area contributed by atoms with Crippen molar-refractivity contribution in [3.05, 3.63) is 69.8 Å². The molecule has 170 valence electrons. The van der Waals surface area contributed by atoms with E-state index in [1.54, 1.807) is 12.1 Å². The smallest absolute Gasteiger partial charge is 0.325 e. The molecule has 2 aliphatic rings. The number of nitro groups is 1. The fraction of sp³-hybridized carbons (Fsp3) is 0.273. The molecule has 11 heteroatoms. The van der Waals surface area contributed by atoms with Crippen LogP contribution in [0.25, 0.3) is 0 Å². The summed E-state index contributed by atoms with van der Waals surface area (Å²) in [6, 6.07) is 12.6. The molecule has 2 aromatic carbocycles. The van der Waals surface area contributed by atoms with Crippen LogP contribution in [0.2, 0.25) is 0 Å². The van der Waals surface area contributed by atoms with Crippen LogP contribution in [0.4, 0.5) is 16.2 Å². The molecule has 2 aromatic rings. The summed E-state index contributed by atoms with van der Waals surface area (Å²) in [7, 11) is 3.85. The number of hydrogen-bond donors (Lipinski definition) is 1. The Hall–Kier alpha value is -4.28. The molecule has 0 bridgehead atoms. The molecule has 1 atom stereocenters. The van der Waals surface area contributed by atoms with Gasteiger partial charge in [0.15, 0.2) is 0 Å². The highest BCUT2D eigenvalue weighted by atomic mass is 16.6. The lowest BCUT2D eigenvalue weighted by molar-refractivity contribution is -0.384. The summed E-state index contributed by atoms with van der Waals surface area (Å²) < 4.78 is 0. The molecule has 1 N–H and O–H groups in total. The van der Waals surface area contributed by atoms with Gasteiger partial charge in [0, 0.05) is 38.3 Å². The van der Waals surface area contributed by atoms with Crippen LogP contribution in [-0.4, -0.2) is 65.6 Å². The Kier molecular flexibility index (Phi) is 5.78. The maximum absolute atomic E-state index is 13.1. The van der Waals surface area contributed by atoms with Gasteiger partial charge in [0.1, 0.15) is 6.54 Å². The third-order valence-corrected chi connectivity index (χ3v) is 5.60. The molecule has 0 saturated carbocycles. The number of anilines is 1. The Labute approximate surface area is 189 Å². The summed E-state index contributed by atoms with van der Waals surface area (Å²) in [4.78, 5) is 50.2. The molecular weight excluding hydrogens is 428 g/mol. The minimum absolute atomic E-state index is 0.0420. The van der Waals surface area contributed by atoms with Gasteiger partial charge in [-0.25, -0.2) is 9.80 Å². The molecule has 0 radical (unpaired) electrons. The minimum Gasteiger partial charge on any atom is -0.378 e. The van der Waals surface area contributed by atoms with E-state index < -0.39 is 35.4 Å². The van der Waals surface area contributed by atoms with Crippen LogP contribution in [-0.2, 0) is 9.59 Å². The zero-order valence-electron chi connectivity index (χ0n) is 18.1. The van der Waals surface area contributed by atoms with E-state index in [9.17, 15) is 24.5 Å². The Balaban J connectivity index is 1.64. The Morgan fingerprint density at radius 2 is 1.82 bits per heavy atom. The van der Waals surface area contributed by atoms with Crippen molar-refractivity contribution in [3.8, 4) is 0 Å². The van der Waals surface area contributed by atoms with E-state index in [-0.39, 0.29) is 12.2 Å². The number of hydrogen-bond acceptors (Lipinski definition) is 7. The molecule has 2 heterocycles. The first-order valence-corrected chi connectivity index (χ1v) is 10.2. The zero-order chi connectivity index (χ0) is 23.7. The topological polar surface area (TPSA) is 128 Å². The molecule has 0 spiro atoms. The molecule has 1 fully saturated rings. The van der Waals surface area contributed by atoms with Crippen LogP contribution in [0.15, 0.2) is 53.6 Å². The normalized spacial score (nSPS) is 17.8. The minimum atomic E-state index is -0.612. The molecular formula is C22H22N6O5. The van der Waals surface area contributed by atoms with Gasteiger partial charge in [-0.3, -0.25) is 24.6 Å². The summed E-state index contributed by atoms with van der Waals surface area (Å²) in [5.74, 6) is -0.974. The Bertz CT molecular complexity index is 1130. The predicted octanol–water partition coefficient (Wildman–Crippen LogP) is 1.89. The standard InChI is InChI=1S/C22H22N6O5/c1-25(2)16-7-5-15(6-8-16)19-11-18(14-3-9-17(10-4-14)28(32)33)24-27(19)21(30)13-26-20(29)12-23-22(26)31/h3-10,19H,11-13H2,1-2H3,(H,23,31). The van der Waals surface area contributed by atoms with Gasteiger partial charge >= 0.3 is 6.03 Å². The molecule has 0 aromatic heterocycles. The van der Waals surface area contributed by atoms with Crippen LogP contribution in [0, 0.1) is 10.1 Å². The lowest BCUT2D eigenvalue weighted by Gasteiger charge is -2.24. The van der Waals surface area contributed by atoms with E-state index in [1.807, 2.05) is 43.3 Å². The van der Waals surface area contributed by atoms with Gasteiger partial charge in [-0.15, -0.1) is 0 Å². The molecule has 0 aliphatic carbocycles. The third-order valence-electron chi connectivity index (χ3n) is 5.60. The number of nitrogens with zero attached hydrogens (tertiary/aromatic N) is 5. The van der Waals surface area contributed by atoms with Crippen molar-refractivity contribution in [1.29, 1.82) is 0 Å². The largest absolute Gasteiger partial charge is 0.378 e. The quantitative estimate of drug-likeness (QED) is 0.407. The van der Waals surface area contributed by atoms with Gasteiger partial charge in [0.05, 0.1) is 23.2 Å². The number of hydrazone groups is 1. The Morgan fingerprint density at radius 1 is 1.15 bits per heavy atom. The number of imide groups is 1. The Morgan fingerprint density at radius 3 is 2.36 bits per heavy atom. The van der Waals surface area contributed by atoms with Gasteiger partial charge in [0.2, 0.25) is 0 Å². The number of benzene rings is 2. The van der Waals surface area contributed by atoms with E-state index in [1.165, 1.54) is 17.1 Å². The van der Waals surface area contributed by atoms with Gasteiger partial charge in [-0.05, 0) is 35.4 Å². The van der Waals surface area contributed by atoms with Crippen molar-refractivity contribution in [3.63, 3.8) is 0 Å². The second kappa shape index (κ2) is 8.69. The van der Waals surface area contributed by atoms with Crippen molar-refractivity contribution in [2.24, 2.45) is 5.10 Å². The zero-order valence-corrected chi connectivity index (χ0v) is 18.1. The number of nitrogens with one attached hydrogen (secondary N) is 1. The van der Waals surface area contributed by atoms with Crippen molar-refractivity contribution >= 4 is 34.9 Å². The van der Waals surface area contributed by atoms with Gasteiger partial charge in [0.25, 0.3) is 17.5 Å². The fourth-order valence-electron chi connectivity index (χ4n) is 3.77. The predicted molar refractivity (Wildman–Crippen MR) is 120 cm³/mol. The third kappa shape index (κ3) is 4.38. The van der Waals surface area contributed by atoms with Crippen LogP contribution >= 0.6 is 0 Å². The van der Waals surface area contributed by atoms with E-state index in [0.717, 1.165) is 16.2 Å². The molecule has 1 saturated heterocycles. The molecule has 11 nitrogen and oxygen atoms in total. The van der Waals surface area contributed by atoms with Crippen LogP contribution in [0.1, 0.15) is 23.6 Å². The summed E-state index contributed by atoms with van der Waals surface area (Å²) >= 11 is 0. The molecule has 1 unspecified atom stereocenters. The van der Waals surface area contributed by atoms with E-state index in [4.69, 9.17) is 0 Å². The SMILES string of the molecule is CN(C)c1ccc(C2CC(c3ccc([N+](=O)[O-])cc3)=NN2C(=O)CN2C(=O)CNC2=O)cc1. The number of carbonyl (C=O) groups is 3. The second-order valence-corrected chi connectivity index (χ2v) is 7.93. The van der Waals surface area contributed by atoms with Crippen LogP contribution in [0.3, 0.4) is 0 Å². The summed E-state index contributed by atoms with van der Waals surface area (Å²) in [6.07, 6.45) is 0.380. The van der Waals surface area contributed by atoms with Crippen molar-refractivity contribution in [2.75, 3.05) is 32.1 Å². The first-order valence-electron chi connectivity index (χ1n) is 10.2. The molecule has 33 heavy (non-hydrogen) atoms. The average Bonchev–Trinajstić information content (AvgIpc) is 3.38. The molecule has 2 aliphatic heterocycles. The maximum Gasteiger partial charge on any atom is 0.325 e. The van der Waals surface area contributed by atoms with Gasteiger partial charge in [-0.1, -0.05) is 12.1 Å². The van der Waals surface area contributed by atoms with E-state index in [0.29, 0.717) is 17.7 Å².